The molecule has 1 aromatic carbocycles. The largest absolute Gasteiger partial charge is 0.352 e. The van der Waals surface area contributed by atoms with Crippen LogP contribution in [0.3, 0.4) is 0 Å². The van der Waals surface area contributed by atoms with Gasteiger partial charge in [0, 0.05) is 26.2 Å². The number of hydrogen-bond acceptors (Lipinski definition) is 3. The van der Waals surface area contributed by atoms with E-state index in [2.05, 4.69) is 22.1 Å². The third-order valence-electron chi connectivity index (χ3n) is 4.64. The fraction of sp³-hybridized carbons (Fsp3) is 0.611. The van der Waals surface area contributed by atoms with Gasteiger partial charge in [-0.2, -0.15) is 0 Å². The highest BCUT2D eigenvalue weighted by atomic mass is 127. The van der Waals surface area contributed by atoms with Crippen LogP contribution < -0.4 is 5.32 Å². The maximum atomic E-state index is 12.6. The number of rotatable bonds is 5. The maximum Gasteiger partial charge on any atom is 0.193 e. The molecule has 1 atom stereocenters. The third-order valence-corrected chi connectivity index (χ3v) is 6.48. The summed E-state index contributed by atoms with van der Waals surface area (Å²) in [6, 6.07) is 8.51. The lowest BCUT2D eigenvalue weighted by Gasteiger charge is -2.34. The third kappa shape index (κ3) is 6.44. The zero-order valence-corrected chi connectivity index (χ0v) is 18.5. The first-order valence-electron chi connectivity index (χ1n) is 8.72. The first-order valence-corrected chi connectivity index (χ1v) is 10.4. The van der Waals surface area contributed by atoms with E-state index in [1.807, 2.05) is 13.0 Å². The topological polar surface area (TPSA) is 61.8 Å². The molecular weight excluding hydrogens is 449 g/mol. The van der Waals surface area contributed by atoms with Crippen LogP contribution in [0.4, 0.5) is 0 Å². The molecule has 5 nitrogen and oxygen atoms in total. The lowest BCUT2D eigenvalue weighted by Crippen LogP contribution is -2.50. The Kier molecular flexibility index (Phi) is 9.20. The Balaban J connectivity index is 0.00000312. The summed E-state index contributed by atoms with van der Waals surface area (Å²) in [6.07, 6.45) is 3.04. The molecule has 2 rings (SSSR count). The Morgan fingerprint density at radius 1 is 1.28 bits per heavy atom. The summed E-state index contributed by atoms with van der Waals surface area (Å²) in [5, 5.41) is 3.36. The molecule has 0 saturated carbocycles. The quantitative estimate of drug-likeness (QED) is 0.401. The summed E-state index contributed by atoms with van der Waals surface area (Å²) in [7, 11) is -1.54. The van der Waals surface area contributed by atoms with Gasteiger partial charge in [-0.25, -0.2) is 8.42 Å². The van der Waals surface area contributed by atoms with E-state index in [9.17, 15) is 8.42 Å². The maximum absolute atomic E-state index is 12.6. The number of likely N-dealkylation sites (tertiary alicyclic amines) is 1. The second-order valence-electron chi connectivity index (χ2n) is 6.56. The van der Waals surface area contributed by atoms with Crippen LogP contribution in [0.5, 0.6) is 0 Å². The zero-order valence-electron chi connectivity index (χ0n) is 15.3. The van der Waals surface area contributed by atoms with Gasteiger partial charge in [-0.05, 0) is 37.3 Å². The van der Waals surface area contributed by atoms with Crippen molar-refractivity contribution in [3.8, 4) is 0 Å². The molecule has 1 heterocycles. The molecule has 0 amide bonds. The van der Waals surface area contributed by atoms with Gasteiger partial charge in [-0.1, -0.05) is 32.0 Å². The molecule has 25 heavy (non-hydrogen) atoms. The van der Waals surface area contributed by atoms with Crippen molar-refractivity contribution in [2.24, 2.45) is 10.9 Å². The highest BCUT2D eigenvalue weighted by Gasteiger charge is 2.24. The van der Waals surface area contributed by atoms with Crippen molar-refractivity contribution in [3.05, 3.63) is 30.3 Å². The molecule has 1 unspecified atom stereocenters. The van der Waals surface area contributed by atoms with Gasteiger partial charge in [0.1, 0.15) is 0 Å². The normalized spacial score (nSPS) is 17.7. The monoisotopic (exact) mass is 479 g/mol. The summed E-state index contributed by atoms with van der Waals surface area (Å²) in [4.78, 5) is 6.98. The van der Waals surface area contributed by atoms with E-state index in [4.69, 9.17) is 0 Å². The second-order valence-corrected chi connectivity index (χ2v) is 8.59. The molecule has 0 aliphatic carbocycles. The summed E-state index contributed by atoms with van der Waals surface area (Å²) < 4.78 is 25.2. The lowest BCUT2D eigenvalue weighted by molar-refractivity contribution is 0.271. The molecule has 0 aromatic heterocycles. The van der Waals surface area contributed by atoms with Crippen LogP contribution in [-0.2, 0) is 9.84 Å². The molecule has 0 spiro atoms. The Labute approximate surface area is 169 Å². The van der Waals surface area contributed by atoms with Crippen molar-refractivity contribution in [1.82, 2.24) is 10.2 Å². The van der Waals surface area contributed by atoms with Crippen LogP contribution in [0.15, 0.2) is 40.2 Å². The van der Waals surface area contributed by atoms with Crippen molar-refractivity contribution in [2.45, 2.75) is 44.0 Å². The van der Waals surface area contributed by atoms with Crippen molar-refractivity contribution >= 4 is 39.8 Å². The molecular formula is C18H30IN3O2S. The van der Waals surface area contributed by atoms with Crippen molar-refractivity contribution < 1.29 is 8.42 Å². The first-order chi connectivity index (χ1) is 11.5. The highest BCUT2D eigenvalue weighted by molar-refractivity contribution is 14.0. The molecule has 1 fully saturated rings. The molecule has 0 radical (unpaired) electrons. The van der Waals surface area contributed by atoms with Gasteiger partial charge in [0.25, 0.3) is 0 Å². The summed E-state index contributed by atoms with van der Waals surface area (Å²) in [5.41, 5.74) is 0. The standard InChI is InChI=1S/C18H29N3O2S.HI/c1-4-16(14-24(22,23)17-8-6-5-7-9-17)20-18(19-3)21-12-10-15(2)11-13-21;/h5-9,15-16H,4,10-14H2,1-3H3,(H,19,20);1H. The average Bonchev–Trinajstić information content (AvgIpc) is 2.60. The SMILES string of the molecule is CCC(CS(=O)(=O)c1ccccc1)NC(=NC)N1CCC(C)CC1.I. The fourth-order valence-corrected chi connectivity index (χ4v) is 4.56. The molecule has 7 heteroatoms. The predicted molar refractivity (Wildman–Crippen MR) is 114 cm³/mol. The predicted octanol–water partition coefficient (Wildman–Crippen LogP) is 3.16. The molecule has 1 aromatic rings. The van der Waals surface area contributed by atoms with Crippen molar-refractivity contribution in [3.63, 3.8) is 0 Å². The smallest absolute Gasteiger partial charge is 0.193 e. The van der Waals surface area contributed by atoms with Gasteiger partial charge in [0.15, 0.2) is 15.8 Å². The number of nitrogens with one attached hydrogen (secondary N) is 1. The van der Waals surface area contributed by atoms with Crippen LogP contribution in [0.25, 0.3) is 0 Å². The van der Waals surface area contributed by atoms with Crippen LogP contribution in [0.1, 0.15) is 33.1 Å². The summed E-state index contributed by atoms with van der Waals surface area (Å²) >= 11 is 0. The number of hydrogen-bond donors (Lipinski definition) is 1. The minimum absolute atomic E-state index is 0. The molecule has 142 valence electrons. The number of sulfone groups is 1. The number of nitrogens with zero attached hydrogens (tertiary/aromatic N) is 2. The number of piperidine rings is 1. The van der Waals surface area contributed by atoms with Crippen LogP contribution in [0, 0.1) is 5.92 Å². The van der Waals surface area contributed by atoms with E-state index < -0.39 is 9.84 Å². The lowest BCUT2D eigenvalue weighted by atomic mass is 9.99. The van der Waals surface area contributed by atoms with Gasteiger partial charge in [0.05, 0.1) is 10.6 Å². The van der Waals surface area contributed by atoms with Crippen LogP contribution in [0.2, 0.25) is 0 Å². The van der Waals surface area contributed by atoms with E-state index in [0.717, 1.165) is 44.2 Å². The second kappa shape index (κ2) is 10.4. The molecule has 1 N–H and O–H groups in total. The van der Waals surface area contributed by atoms with Crippen LogP contribution >= 0.6 is 24.0 Å². The van der Waals surface area contributed by atoms with Gasteiger partial charge >= 0.3 is 0 Å². The molecule has 1 aliphatic heterocycles. The molecule has 0 bridgehead atoms. The van der Waals surface area contributed by atoms with E-state index >= 15 is 0 Å². The Hall–Kier alpha value is -0.830. The number of halogens is 1. The van der Waals surface area contributed by atoms with E-state index in [-0.39, 0.29) is 35.8 Å². The van der Waals surface area contributed by atoms with E-state index in [1.54, 1.807) is 31.3 Å². The first kappa shape index (κ1) is 22.2. The van der Waals surface area contributed by atoms with Crippen LogP contribution in [-0.4, -0.2) is 51.2 Å². The van der Waals surface area contributed by atoms with Crippen molar-refractivity contribution in [1.29, 1.82) is 0 Å². The number of aliphatic imine (C=N–C) groups is 1. The molecule has 1 aliphatic rings. The minimum Gasteiger partial charge on any atom is -0.352 e. The van der Waals surface area contributed by atoms with Gasteiger partial charge in [-0.15, -0.1) is 24.0 Å². The Bertz CT molecular complexity index is 642. The number of benzene rings is 1. The summed E-state index contributed by atoms with van der Waals surface area (Å²) in [6.45, 7) is 6.23. The van der Waals surface area contributed by atoms with E-state index in [0.29, 0.717) is 4.90 Å². The van der Waals surface area contributed by atoms with Gasteiger partial charge in [-0.3, -0.25) is 4.99 Å². The Morgan fingerprint density at radius 2 is 1.88 bits per heavy atom. The average molecular weight is 479 g/mol. The van der Waals surface area contributed by atoms with Gasteiger partial charge < -0.3 is 10.2 Å². The zero-order chi connectivity index (χ0) is 17.6. The molecule has 1 saturated heterocycles. The van der Waals surface area contributed by atoms with Gasteiger partial charge in [0.2, 0.25) is 0 Å². The van der Waals surface area contributed by atoms with Crippen molar-refractivity contribution in [2.75, 3.05) is 25.9 Å². The number of guanidine groups is 1. The Morgan fingerprint density at radius 3 is 2.40 bits per heavy atom. The highest BCUT2D eigenvalue weighted by Crippen LogP contribution is 2.17. The van der Waals surface area contributed by atoms with E-state index in [1.165, 1.54) is 0 Å². The fourth-order valence-electron chi connectivity index (χ4n) is 2.95. The summed E-state index contributed by atoms with van der Waals surface area (Å²) in [5.74, 6) is 1.65. The minimum atomic E-state index is -3.30.